The molecule has 0 spiro atoms. The second-order valence-corrected chi connectivity index (χ2v) is 5.56. The van der Waals surface area contributed by atoms with Gasteiger partial charge in [0.05, 0.1) is 0 Å². The monoisotopic (exact) mass is 267 g/mol. The zero-order valence-electron chi connectivity index (χ0n) is 10.1. The summed E-state index contributed by atoms with van der Waals surface area (Å²) in [6, 6.07) is 3.14. The van der Waals surface area contributed by atoms with Gasteiger partial charge in [0.15, 0.2) is 0 Å². The van der Waals surface area contributed by atoms with Crippen LogP contribution < -0.4 is 16.6 Å². The molecule has 1 aromatic rings. The molecule has 0 aromatic carbocycles. The predicted octanol–water partition coefficient (Wildman–Crippen LogP) is 0.442. The molecule has 0 aliphatic carbocycles. The van der Waals surface area contributed by atoms with E-state index in [0.717, 1.165) is 18.6 Å². The third-order valence-corrected chi connectivity index (χ3v) is 4.06. The highest BCUT2D eigenvalue weighted by Gasteiger charge is 2.16. The lowest BCUT2D eigenvalue weighted by molar-refractivity contribution is -0.122. The van der Waals surface area contributed by atoms with Crippen molar-refractivity contribution in [3.8, 4) is 0 Å². The average Bonchev–Trinajstić information content (AvgIpc) is 2.35. The van der Waals surface area contributed by atoms with E-state index in [4.69, 9.17) is 5.73 Å². The first-order chi connectivity index (χ1) is 8.65. The number of nitrogens with zero attached hydrogens (tertiary/aromatic N) is 1. The van der Waals surface area contributed by atoms with E-state index >= 15 is 0 Å². The van der Waals surface area contributed by atoms with Crippen molar-refractivity contribution in [1.29, 1.82) is 0 Å². The van der Waals surface area contributed by atoms with Gasteiger partial charge in [0.1, 0.15) is 6.54 Å². The normalized spacial score (nSPS) is 19.4. The van der Waals surface area contributed by atoms with Crippen molar-refractivity contribution in [2.75, 3.05) is 17.2 Å². The highest BCUT2D eigenvalue weighted by atomic mass is 32.2. The summed E-state index contributed by atoms with van der Waals surface area (Å²) >= 11 is 1.85. The highest BCUT2D eigenvalue weighted by molar-refractivity contribution is 7.99. The van der Waals surface area contributed by atoms with Crippen LogP contribution in [0.2, 0.25) is 0 Å². The molecule has 0 bridgehead atoms. The average molecular weight is 267 g/mol. The number of carbonyl (C=O) groups is 1. The Labute approximate surface area is 110 Å². The topological polar surface area (TPSA) is 77.1 Å². The largest absolute Gasteiger partial charge is 0.398 e. The second-order valence-electron chi connectivity index (χ2n) is 4.41. The molecule has 98 valence electrons. The van der Waals surface area contributed by atoms with Crippen LogP contribution in [0.5, 0.6) is 0 Å². The van der Waals surface area contributed by atoms with Crippen LogP contribution in [0.3, 0.4) is 0 Å². The predicted molar refractivity (Wildman–Crippen MR) is 73.6 cm³/mol. The molecule has 0 radical (unpaired) electrons. The maximum atomic E-state index is 11.8. The van der Waals surface area contributed by atoms with Crippen LogP contribution in [0.1, 0.15) is 12.8 Å². The number of anilines is 1. The second kappa shape index (κ2) is 5.95. The van der Waals surface area contributed by atoms with Gasteiger partial charge in [0.2, 0.25) is 5.91 Å². The molecule has 1 saturated heterocycles. The number of hydrogen-bond acceptors (Lipinski definition) is 4. The first kappa shape index (κ1) is 13.0. The number of nitrogens with one attached hydrogen (secondary N) is 1. The summed E-state index contributed by atoms with van der Waals surface area (Å²) in [4.78, 5) is 23.3. The van der Waals surface area contributed by atoms with Gasteiger partial charge in [-0.15, -0.1) is 0 Å². The lowest BCUT2D eigenvalue weighted by atomic mass is 10.2. The molecule has 5 nitrogen and oxygen atoms in total. The number of rotatable bonds is 3. The fourth-order valence-electron chi connectivity index (χ4n) is 1.96. The minimum Gasteiger partial charge on any atom is -0.398 e. The molecule has 18 heavy (non-hydrogen) atoms. The number of carbonyl (C=O) groups excluding carboxylic acids is 1. The summed E-state index contributed by atoms with van der Waals surface area (Å²) in [5.41, 5.74) is 5.86. The fraction of sp³-hybridized carbons (Fsp3) is 0.500. The lowest BCUT2D eigenvalue weighted by Gasteiger charge is -2.22. The van der Waals surface area contributed by atoms with E-state index in [-0.39, 0.29) is 24.1 Å². The Hall–Kier alpha value is -1.43. The van der Waals surface area contributed by atoms with Crippen LogP contribution >= 0.6 is 11.8 Å². The molecule has 1 atom stereocenters. The SMILES string of the molecule is Nc1ccc(=O)n(CC(=O)NC2CCCSC2)c1. The molecule has 0 saturated carbocycles. The molecular formula is C12H17N3O2S. The van der Waals surface area contributed by atoms with Crippen LogP contribution in [-0.2, 0) is 11.3 Å². The number of amides is 1. The smallest absolute Gasteiger partial charge is 0.251 e. The summed E-state index contributed by atoms with van der Waals surface area (Å²) in [5, 5.41) is 2.95. The quantitative estimate of drug-likeness (QED) is 0.833. The van der Waals surface area contributed by atoms with E-state index in [9.17, 15) is 9.59 Å². The van der Waals surface area contributed by atoms with Crippen LogP contribution in [0, 0.1) is 0 Å². The third kappa shape index (κ3) is 3.53. The van der Waals surface area contributed by atoms with Crippen LogP contribution in [-0.4, -0.2) is 28.0 Å². The molecule has 2 heterocycles. The first-order valence-corrected chi connectivity index (χ1v) is 7.14. The van der Waals surface area contributed by atoms with Crippen molar-refractivity contribution in [2.45, 2.75) is 25.4 Å². The van der Waals surface area contributed by atoms with Gasteiger partial charge < -0.3 is 15.6 Å². The number of thioether (sulfide) groups is 1. The van der Waals surface area contributed by atoms with Crippen LogP contribution in [0.4, 0.5) is 5.69 Å². The minimum atomic E-state index is -0.211. The maximum absolute atomic E-state index is 11.8. The molecule has 6 heteroatoms. The zero-order valence-corrected chi connectivity index (χ0v) is 10.9. The van der Waals surface area contributed by atoms with E-state index in [0.29, 0.717) is 5.69 Å². The summed E-state index contributed by atoms with van der Waals surface area (Å²) in [6.45, 7) is 0.0328. The van der Waals surface area contributed by atoms with Gasteiger partial charge in [0, 0.05) is 29.7 Å². The van der Waals surface area contributed by atoms with E-state index in [2.05, 4.69) is 5.32 Å². The number of nitrogens with two attached hydrogens (primary N) is 1. The van der Waals surface area contributed by atoms with E-state index < -0.39 is 0 Å². The highest BCUT2D eigenvalue weighted by Crippen LogP contribution is 2.16. The molecule has 1 aliphatic heterocycles. The van der Waals surface area contributed by atoms with Crippen molar-refractivity contribution in [3.63, 3.8) is 0 Å². The first-order valence-electron chi connectivity index (χ1n) is 5.98. The van der Waals surface area contributed by atoms with Gasteiger partial charge in [-0.25, -0.2) is 0 Å². The minimum absolute atomic E-state index is 0.0328. The van der Waals surface area contributed by atoms with Crippen LogP contribution in [0.25, 0.3) is 0 Å². The van der Waals surface area contributed by atoms with Crippen molar-refractivity contribution in [1.82, 2.24) is 9.88 Å². The number of hydrogen-bond donors (Lipinski definition) is 2. The van der Waals surface area contributed by atoms with Gasteiger partial charge in [-0.1, -0.05) is 0 Å². The third-order valence-electron chi connectivity index (χ3n) is 2.85. The Kier molecular flexibility index (Phi) is 4.30. The van der Waals surface area contributed by atoms with Crippen molar-refractivity contribution in [3.05, 3.63) is 28.7 Å². The van der Waals surface area contributed by atoms with Gasteiger partial charge in [-0.05, 0) is 24.7 Å². The lowest BCUT2D eigenvalue weighted by Crippen LogP contribution is -2.41. The molecule has 1 fully saturated rings. The Morgan fingerprint density at radius 2 is 2.39 bits per heavy atom. The molecule has 3 N–H and O–H groups in total. The van der Waals surface area contributed by atoms with Crippen molar-refractivity contribution < 1.29 is 4.79 Å². The van der Waals surface area contributed by atoms with E-state index in [1.54, 1.807) is 0 Å². The standard InChI is InChI=1S/C12H17N3O2S/c13-9-3-4-12(17)15(6-9)7-11(16)14-10-2-1-5-18-8-10/h3-4,6,10H,1-2,5,7-8,13H2,(H,14,16). The number of aromatic nitrogens is 1. The Morgan fingerprint density at radius 1 is 1.56 bits per heavy atom. The van der Waals surface area contributed by atoms with Gasteiger partial charge in [0.25, 0.3) is 5.56 Å². The Bertz CT molecular complexity index is 480. The molecule has 2 rings (SSSR count). The van der Waals surface area contributed by atoms with Crippen LogP contribution in [0.15, 0.2) is 23.1 Å². The van der Waals surface area contributed by atoms with E-state index in [1.165, 1.54) is 28.6 Å². The summed E-state index contributed by atoms with van der Waals surface area (Å²) < 4.78 is 1.33. The maximum Gasteiger partial charge on any atom is 0.251 e. The van der Waals surface area contributed by atoms with Crippen molar-refractivity contribution >= 4 is 23.4 Å². The number of nitrogen functional groups attached to an aromatic ring is 1. The zero-order chi connectivity index (χ0) is 13.0. The van der Waals surface area contributed by atoms with Gasteiger partial charge in [-0.3, -0.25) is 9.59 Å². The summed E-state index contributed by atoms with van der Waals surface area (Å²) in [5.74, 6) is 1.99. The summed E-state index contributed by atoms with van der Waals surface area (Å²) in [6.07, 6.45) is 3.65. The molecule has 1 unspecified atom stereocenters. The Morgan fingerprint density at radius 3 is 3.11 bits per heavy atom. The molecule has 1 aliphatic rings. The molecule has 1 aromatic heterocycles. The molecular weight excluding hydrogens is 250 g/mol. The molecule has 1 amide bonds. The van der Waals surface area contributed by atoms with Gasteiger partial charge >= 0.3 is 0 Å². The fourth-order valence-corrected chi connectivity index (χ4v) is 3.03. The van der Waals surface area contributed by atoms with E-state index in [1.807, 2.05) is 11.8 Å². The Balaban J connectivity index is 1.94. The number of pyridine rings is 1. The van der Waals surface area contributed by atoms with Crippen molar-refractivity contribution in [2.24, 2.45) is 0 Å². The van der Waals surface area contributed by atoms with Gasteiger partial charge in [-0.2, -0.15) is 11.8 Å². The summed E-state index contributed by atoms with van der Waals surface area (Å²) in [7, 11) is 0.